The molecule has 2 rings (SSSR count). The average molecular weight is 253 g/mol. The molecule has 0 unspecified atom stereocenters. The molecular weight excluding hydrogens is 244 g/mol. The molecule has 5 heteroatoms. The topological polar surface area (TPSA) is 42.0 Å². The standard InChI is InChI=1S/C11H9ClN2OS/c12-5-8-1-3-9(4-2-8)11(15)14-10-6-13-7-16-10/h1-4,6-7H,5H2,(H,14,15). The van der Waals surface area contributed by atoms with Gasteiger partial charge < -0.3 is 5.32 Å². The smallest absolute Gasteiger partial charge is 0.256 e. The summed E-state index contributed by atoms with van der Waals surface area (Å²) in [5.41, 5.74) is 3.28. The molecule has 3 nitrogen and oxygen atoms in total. The third-order valence-electron chi connectivity index (χ3n) is 2.04. The minimum absolute atomic E-state index is 0.134. The lowest BCUT2D eigenvalue weighted by molar-refractivity contribution is 0.102. The van der Waals surface area contributed by atoms with Gasteiger partial charge in [0.05, 0.1) is 11.7 Å². The lowest BCUT2D eigenvalue weighted by Crippen LogP contribution is -2.10. The van der Waals surface area contributed by atoms with Gasteiger partial charge in [-0.3, -0.25) is 9.78 Å². The van der Waals surface area contributed by atoms with Crippen molar-refractivity contribution in [2.75, 3.05) is 5.32 Å². The van der Waals surface area contributed by atoms with E-state index in [1.54, 1.807) is 23.8 Å². The molecule has 0 saturated heterocycles. The molecule has 0 spiro atoms. The van der Waals surface area contributed by atoms with Crippen LogP contribution in [0.15, 0.2) is 36.0 Å². The van der Waals surface area contributed by atoms with Crippen LogP contribution in [0.3, 0.4) is 0 Å². The third kappa shape index (κ3) is 2.59. The Hall–Kier alpha value is -1.39. The summed E-state index contributed by atoms with van der Waals surface area (Å²) in [7, 11) is 0. The zero-order valence-electron chi connectivity index (χ0n) is 8.31. The van der Waals surface area contributed by atoms with Crippen LogP contribution in [0, 0.1) is 0 Å². The van der Waals surface area contributed by atoms with Gasteiger partial charge in [0.1, 0.15) is 5.00 Å². The number of halogens is 1. The van der Waals surface area contributed by atoms with Crippen molar-refractivity contribution in [3.05, 3.63) is 47.1 Å². The molecule has 1 N–H and O–H groups in total. The zero-order chi connectivity index (χ0) is 11.4. The highest BCUT2D eigenvalue weighted by Gasteiger charge is 2.06. The molecule has 1 aromatic heterocycles. The monoisotopic (exact) mass is 252 g/mol. The largest absolute Gasteiger partial charge is 0.312 e. The van der Waals surface area contributed by atoms with Crippen LogP contribution in [-0.4, -0.2) is 10.9 Å². The fourth-order valence-corrected chi connectivity index (χ4v) is 1.89. The number of carbonyl (C=O) groups is 1. The first-order valence-electron chi connectivity index (χ1n) is 4.64. The van der Waals surface area contributed by atoms with Gasteiger partial charge in [0.2, 0.25) is 0 Å². The number of hydrogen-bond donors (Lipinski definition) is 1. The Balaban J connectivity index is 2.09. The van der Waals surface area contributed by atoms with E-state index in [2.05, 4.69) is 10.3 Å². The lowest BCUT2D eigenvalue weighted by Gasteiger charge is -2.02. The van der Waals surface area contributed by atoms with Crippen molar-refractivity contribution in [1.82, 2.24) is 4.98 Å². The van der Waals surface area contributed by atoms with Gasteiger partial charge in [0, 0.05) is 11.4 Å². The SMILES string of the molecule is O=C(Nc1cncs1)c1ccc(CCl)cc1. The van der Waals surface area contributed by atoms with Gasteiger partial charge in [0.25, 0.3) is 5.91 Å². The Morgan fingerprint density at radius 2 is 2.12 bits per heavy atom. The van der Waals surface area contributed by atoms with E-state index in [1.165, 1.54) is 11.3 Å². The summed E-state index contributed by atoms with van der Waals surface area (Å²) in [6.45, 7) is 0. The minimum Gasteiger partial charge on any atom is -0.312 e. The van der Waals surface area contributed by atoms with Crippen LogP contribution in [0.2, 0.25) is 0 Å². The van der Waals surface area contributed by atoms with Gasteiger partial charge in [-0.15, -0.1) is 22.9 Å². The van der Waals surface area contributed by atoms with Crippen molar-refractivity contribution < 1.29 is 4.79 Å². The Morgan fingerprint density at radius 1 is 1.38 bits per heavy atom. The molecule has 0 aliphatic carbocycles. The molecule has 16 heavy (non-hydrogen) atoms. The normalized spacial score (nSPS) is 10.1. The summed E-state index contributed by atoms with van der Waals surface area (Å²) in [6, 6.07) is 7.20. The van der Waals surface area contributed by atoms with Gasteiger partial charge in [0.15, 0.2) is 0 Å². The maximum absolute atomic E-state index is 11.7. The number of carbonyl (C=O) groups excluding carboxylic acids is 1. The molecular formula is C11H9ClN2OS. The van der Waals surface area contributed by atoms with Crippen molar-refractivity contribution >= 4 is 33.8 Å². The maximum Gasteiger partial charge on any atom is 0.256 e. The molecule has 0 atom stereocenters. The fraction of sp³-hybridized carbons (Fsp3) is 0.0909. The van der Waals surface area contributed by atoms with Gasteiger partial charge in [-0.2, -0.15) is 0 Å². The van der Waals surface area contributed by atoms with Crippen LogP contribution in [0.4, 0.5) is 5.00 Å². The Kier molecular flexibility index (Phi) is 3.54. The predicted octanol–water partition coefficient (Wildman–Crippen LogP) is 3.13. The number of anilines is 1. The number of nitrogens with one attached hydrogen (secondary N) is 1. The second kappa shape index (κ2) is 5.09. The average Bonchev–Trinajstić information content (AvgIpc) is 2.82. The van der Waals surface area contributed by atoms with E-state index in [4.69, 9.17) is 11.6 Å². The number of aromatic nitrogens is 1. The van der Waals surface area contributed by atoms with E-state index in [0.717, 1.165) is 10.6 Å². The highest BCUT2D eigenvalue weighted by atomic mass is 35.5. The van der Waals surface area contributed by atoms with E-state index in [0.29, 0.717) is 11.4 Å². The molecule has 1 amide bonds. The summed E-state index contributed by atoms with van der Waals surface area (Å²) in [5.74, 6) is 0.321. The second-order valence-corrected chi connectivity index (χ2v) is 4.30. The highest BCUT2D eigenvalue weighted by Crippen LogP contribution is 2.14. The maximum atomic E-state index is 11.7. The van der Waals surface area contributed by atoms with Gasteiger partial charge >= 0.3 is 0 Å². The quantitative estimate of drug-likeness (QED) is 0.853. The highest BCUT2D eigenvalue weighted by molar-refractivity contribution is 7.14. The second-order valence-electron chi connectivity index (χ2n) is 3.15. The molecule has 0 saturated carbocycles. The Labute approximate surface area is 102 Å². The number of amides is 1. The van der Waals surface area contributed by atoms with Crippen LogP contribution in [0.5, 0.6) is 0 Å². The van der Waals surface area contributed by atoms with Crippen LogP contribution in [0.25, 0.3) is 0 Å². The van der Waals surface area contributed by atoms with E-state index in [-0.39, 0.29) is 5.91 Å². The van der Waals surface area contributed by atoms with Crippen LogP contribution in [-0.2, 0) is 5.88 Å². The van der Waals surface area contributed by atoms with Crippen LogP contribution >= 0.6 is 22.9 Å². The predicted molar refractivity (Wildman–Crippen MR) is 66.1 cm³/mol. The van der Waals surface area contributed by atoms with Crippen molar-refractivity contribution in [2.45, 2.75) is 5.88 Å². The zero-order valence-corrected chi connectivity index (χ0v) is 9.89. The van der Waals surface area contributed by atoms with Crippen LogP contribution < -0.4 is 5.32 Å². The van der Waals surface area contributed by atoms with Gasteiger partial charge in [-0.05, 0) is 17.7 Å². The summed E-state index contributed by atoms with van der Waals surface area (Å²) in [4.78, 5) is 15.6. The summed E-state index contributed by atoms with van der Waals surface area (Å²) >= 11 is 7.06. The van der Waals surface area contributed by atoms with Crippen molar-refractivity contribution in [3.8, 4) is 0 Å². The van der Waals surface area contributed by atoms with E-state index in [1.807, 2.05) is 12.1 Å². The lowest BCUT2D eigenvalue weighted by atomic mass is 10.1. The molecule has 82 valence electrons. The first kappa shape index (κ1) is 11.1. The van der Waals surface area contributed by atoms with E-state index in [9.17, 15) is 4.79 Å². The van der Waals surface area contributed by atoms with E-state index >= 15 is 0 Å². The summed E-state index contributed by atoms with van der Waals surface area (Å²) in [5, 5.41) is 3.50. The number of benzene rings is 1. The van der Waals surface area contributed by atoms with Crippen LogP contribution in [0.1, 0.15) is 15.9 Å². The molecule has 2 aromatic rings. The third-order valence-corrected chi connectivity index (χ3v) is 3.04. The Bertz CT molecular complexity index is 467. The number of rotatable bonds is 3. The minimum atomic E-state index is -0.134. The molecule has 0 radical (unpaired) electrons. The van der Waals surface area contributed by atoms with Crippen molar-refractivity contribution in [3.63, 3.8) is 0 Å². The van der Waals surface area contributed by atoms with Crippen molar-refractivity contribution in [2.24, 2.45) is 0 Å². The molecule has 1 aromatic carbocycles. The Morgan fingerprint density at radius 3 is 2.69 bits per heavy atom. The summed E-state index contributed by atoms with van der Waals surface area (Å²) in [6.07, 6.45) is 1.62. The fourth-order valence-electron chi connectivity index (χ4n) is 1.21. The van der Waals surface area contributed by atoms with Gasteiger partial charge in [-0.1, -0.05) is 12.1 Å². The first-order chi connectivity index (χ1) is 7.79. The van der Waals surface area contributed by atoms with Gasteiger partial charge in [-0.25, -0.2) is 0 Å². The first-order valence-corrected chi connectivity index (χ1v) is 6.06. The molecule has 0 fully saturated rings. The molecule has 0 aliphatic heterocycles. The number of hydrogen-bond acceptors (Lipinski definition) is 3. The number of nitrogens with zero attached hydrogens (tertiary/aromatic N) is 1. The number of thiazole rings is 1. The summed E-state index contributed by atoms with van der Waals surface area (Å²) < 4.78 is 0. The number of alkyl halides is 1. The molecule has 0 bridgehead atoms. The molecule has 1 heterocycles. The molecule has 0 aliphatic rings. The van der Waals surface area contributed by atoms with E-state index < -0.39 is 0 Å². The van der Waals surface area contributed by atoms with Crippen molar-refractivity contribution in [1.29, 1.82) is 0 Å².